The van der Waals surface area contributed by atoms with Crippen LogP contribution in [-0.4, -0.2) is 40.2 Å². The molecule has 1 heterocycles. The van der Waals surface area contributed by atoms with Crippen LogP contribution in [0.3, 0.4) is 0 Å². The summed E-state index contributed by atoms with van der Waals surface area (Å²) < 4.78 is 49.6. The Hall–Kier alpha value is -0.400. The maximum Gasteiger partial charge on any atom is 0.271 e. The molecule has 7 heteroatoms. The van der Waals surface area contributed by atoms with Gasteiger partial charge in [0.05, 0.1) is 23.4 Å². The Morgan fingerprint density at radius 3 is 2.53 bits per heavy atom. The van der Waals surface area contributed by atoms with Gasteiger partial charge in [-0.1, -0.05) is 12.2 Å². The smallest absolute Gasteiger partial charge is 0.265 e. The van der Waals surface area contributed by atoms with Crippen LogP contribution in [0.15, 0.2) is 12.2 Å². The van der Waals surface area contributed by atoms with Crippen molar-refractivity contribution in [3.05, 3.63) is 12.2 Å². The van der Waals surface area contributed by atoms with Gasteiger partial charge in [0.25, 0.3) is 10.1 Å². The van der Waals surface area contributed by atoms with Gasteiger partial charge in [-0.3, -0.25) is 4.18 Å². The number of rotatable bonds is 4. The molecule has 0 aromatic heterocycles. The van der Waals surface area contributed by atoms with E-state index in [4.69, 9.17) is 4.18 Å². The molecule has 0 spiro atoms. The summed E-state index contributed by atoms with van der Waals surface area (Å²) >= 11 is 0. The Bertz CT molecular complexity index is 445. The van der Waals surface area contributed by atoms with Gasteiger partial charge in [0, 0.05) is 0 Å². The van der Waals surface area contributed by atoms with Crippen LogP contribution in [0.25, 0.3) is 0 Å². The fraction of sp³-hybridized carbons (Fsp3) is 0.750. The molecule has 1 rings (SSSR count). The molecule has 15 heavy (non-hydrogen) atoms. The quantitative estimate of drug-likeness (QED) is 0.525. The maximum absolute atomic E-state index is 11.3. The first-order valence-electron chi connectivity index (χ1n) is 4.46. The van der Waals surface area contributed by atoms with Gasteiger partial charge in [0.2, 0.25) is 0 Å². The number of sulfone groups is 1. The fourth-order valence-corrected chi connectivity index (χ4v) is 4.31. The van der Waals surface area contributed by atoms with Crippen molar-refractivity contribution in [1.29, 1.82) is 0 Å². The molecule has 1 atom stereocenters. The highest BCUT2D eigenvalue weighted by Crippen LogP contribution is 2.17. The lowest BCUT2D eigenvalue weighted by atomic mass is 10.3. The molecule has 1 fully saturated rings. The average Bonchev–Trinajstić information content (AvgIpc) is 2.25. The Balaban J connectivity index is 2.61. The zero-order valence-corrected chi connectivity index (χ0v) is 10.1. The van der Waals surface area contributed by atoms with Crippen molar-refractivity contribution in [3.63, 3.8) is 0 Å². The van der Waals surface area contributed by atoms with Crippen LogP contribution in [0.5, 0.6) is 0 Å². The molecule has 1 saturated heterocycles. The van der Waals surface area contributed by atoms with Gasteiger partial charge < -0.3 is 0 Å². The van der Waals surface area contributed by atoms with Crippen LogP contribution < -0.4 is 0 Å². The molecule has 0 saturated carbocycles. The zero-order chi connectivity index (χ0) is 11.7. The van der Waals surface area contributed by atoms with Gasteiger partial charge in [-0.15, -0.1) is 0 Å². The highest BCUT2D eigenvalue weighted by molar-refractivity contribution is 7.91. The third kappa shape index (κ3) is 4.31. The van der Waals surface area contributed by atoms with Crippen molar-refractivity contribution >= 4 is 20.0 Å². The number of hydrogen-bond acceptors (Lipinski definition) is 5. The van der Waals surface area contributed by atoms with Gasteiger partial charge in [-0.2, -0.15) is 8.42 Å². The van der Waals surface area contributed by atoms with Gasteiger partial charge >= 0.3 is 0 Å². The summed E-state index contributed by atoms with van der Waals surface area (Å²) in [5, 5.41) is 0. The second kappa shape index (κ2) is 4.23. The molecular formula is C8H14O5S2. The van der Waals surface area contributed by atoms with E-state index in [0.717, 1.165) is 0 Å². The zero-order valence-electron chi connectivity index (χ0n) is 8.47. The van der Waals surface area contributed by atoms with Crippen LogP contribution >= 0.6 is 0 Å². The Labute approximate surface area is 90.2 Å². The molecule has 0 bridgehead atoms. The lowest BCUT2D eigenvalue weighted by molar-refractivity contribution is 0.237. The van der Waals surface area contributed by atoms with E-state index in [1.807, 2.05) is 0 Å². The largest absolute Gasteiger partial charge is 0.271 e. The normalized spacial score (nSPS) is 25.3. The van der Waals surface area contributed by atoms with Crippen LogP contribution in [0.4, 0.5) is 0 Å². The van der Waals surface area contributed by atoms with E-state index in [1.54, 1.807) is 6.92 Å². The molecule has 0 aromatic rings. The second-order valence-electron chi connectivity index (χ2n) is 3.78. The van der Waals surface area contributed by atoms with E-state index in [2.05, 4.69) is 6.58 Å². The Morgan fingerprint density at radius 1 is 1.53 bits per heavy atom. The predicted octanol–water partition coefficient (Wildman–Crippen LogP) is 0.0960. The highest BCUT2D eigenvalue weighted by Gasteiger charge is 2.32. The van der Waals surface area contributed by atoms with Crippen molar-refractivity contribution < 1.29 is 21.0 Å². The van der Waals surface area contributed by atoms with Crippen molar-refractivity contribution in [2.24, 2.45) is 0 Å². The maximum atomic E-state index is 11.3. The molecule has 0 aromatic carbocycles. The van der Waals surface area contributed by atoms with Crippen LogP contribution in [0.2, 0.25) is 0 Å². The minimum Gasteiger partial charge on any atom is -0.265 e. The van der Waals surface area contributed by atoms with E-state index in [9.17, 15) is 16.8 Å². The number of hydrogen-bond donors (Lipinski definition) is 0. The summed E-state index contributed by atoms with van der Waals surface area (Å²) in [4.78, 5) is 0. The lowest BCUT2D eigenvalue weighted by Crippen LogP contribution is -2.21. The second-order valence-corrected chi connectivity index (χ2v) is 7.61. The van der Waals surface area contributed by atoms with Crippen molar-refractivity contribution in [2.75, 3.05) is 17.3 Å². The molecule has 1 unspecified atom stereocenters. The van der Waals surface area contributed by atoms with Crippen molar-refractivity contribution in [1.82, 2.24) is 0 Å². The first-order chi connectivity index (χ1) is 6.70. The molecule has 1 aliphatic rings. The van der Waals surface area contributed by atoms with E-state index < -0.39 is 26.1 Å². The van der Waals surface area contributed by atoms with E-state index >= 15 is 0 Å². The molecule has 0 aliphatic carbocycles. The monoisotopic (exact) mass is 254 g/mol. The lowest BCUT2D eigenvalue weighted by Gasteiger charge is -2.09. The Kier molecular flexibility index (Phi) is 3.57. The summed E-state index contributed by atoms with van der Waals surface area (Å²) in [5.74, 6) is -0.466. The minimum absolute atomic E-state index is 0.000256. The van der Waals surface area contributed by atoms with Crippen molar-refractivity contribution in [3.8, 4) is 0 Å². The highest BCUT2D eigenvalue weighted by atomic mass is 32.2. The first-order valence-corrected chi connectivity index (χ1v) is 7.86. The summed E-state index contributed by atoms with van der Waals surface area (Å²) in [6.45, 7) is 5.04. The molecule has 1 aliphatic heterocycles. The van der Waals surface area contributed by atoms with E-state index in [-0.39, 0.29) is 23.7 Å². The van der Waals surface area contributed by atoms with Gasteiger partial charge in [-0.05, 0) is 13.3 Å². The van der Waals surface area contributed by atoms with Crippen molar-refractivity contribution in [2.45, 2.75) is 19.4 Å². The standard InChI is InChI=1S/C8H14O5S2/c1-7(2)5-15(11,12)13-8-3-4-14(9,10)6-8/h8H,1,3-6H2,2H3. The summed E-state index contributed by atoms with van der Waals surface area (Å²) in [6, 6.07) is 0. The third-order valence-electron chi connectivity index (χ3n) is 1.90. The molecular weight excluding hydrogens is 240 g/mol. The summed E-state index contributed by atoms with van der Waals surface area (Å²) in [7, 11) is -6.79. The molecule has 88 valence electrons. The fourth-order valence-electron chi connectivity index (χ4n) is 1.38. The summed E-state index contributed by atoms with van der Waals surface area (Å²) in [5.41, 5.74) is 0.468. The SMILES string of the molecule is C=C(C)CS(=O)(=O)OC1CCS(=O)(=O)C1. The van der Waals surface area contributed by atoms with Gasteiger partial charge in [0.15, 0.2) is 9.84 Å². The average molecular weight is 254 g/mol. The van der Waals surface area contributed by atoms with E-state index in [0.29, 0.717) is 5.57 Å². The first kappa shape index (κ1) is 12.7. The predicted molar refractivity (Wildman–Crippen MR) is 56.7 cm³/mol. The summed E-state index contributed by atoms with van der Waals surface area (Å²) in [6.07, 6.45) is -0.475. The van der Waals surface area contributed by atoms with Crippen LogP contribution in [0, 0.1) is 0 Å². The molecule has 0 radical (unpaired) electrons. The van der Waals surface area contributed by atoms with E-state index in [1.165, 1.54) is 0 Å². The topological polar surface area (TPSA) is 77.5 Å². The van der Waals surface area contributed by atoms with Crippen LogP contribution in [0.1, 0.15) is 13.3 Å². The Morgan fingerprint density at radius 2 is 2.13 bits per heavy atom. The molecule has 0 N–H and O–H groups in total. The van der Waals surface area contributed by atoms with Gasteiger partial charge in [0.1, 0.15) is 0 Å². The minimum atomic E-state index is -3.68. The molecule has 0 amide bonds. The van der Waals surface area contributed by atoms with Crippen LogP contribution in [-0.2, 0) is 24.1 Å². The molecule has 5 nitrogen and oxygen atoms in total. The van der Waals surface area contributed by atoms with Gasteiger partial charge in [-0.25, -0.2) is 8.42 Å². The third-order valence-corrected chi connectivity index (χ3v) is 5.05.